The van der Waals surface area contributed by atoms with Crippen LogP contribution in [0.3, 0.4) is 0 Å². The molecular weight excluding hydrogens is 266 g/mol. The van der Waals surface area contributed by atoms with Crippen LogP contribution in [0.1, 0.15) is 59.3 Å². The molecule has 0 spiro atoms. The molecule has 1 aliphatic carbocycles. The standard InChI is InChI=1S/C17H33NO3/c1-4-5-10-20-11-12-21-13-17(19)18-16-8-6-15(7-9-16)14(2)3/h14-16H,4-13H2,1-3H3,(H,18,19). The molecule has 0 unspecified atom stereocenters. The van der Waals surface area contributed by atoms with Crippen LogP contribution >= 0.6 is 0 Å². The summed E-state index contributed by atoms with van der Waals surface area (Å²) in [6.45, 7) is 8.73. The van der Waals surface area contributed by atoms with E-state index >= 15 is 0 Å². The van der Waals surface area contributed by atoms with Crippen LogP contribution in [0.2, 0.25) is 0 Å². The van der Waals surface area contributed by atoms with E-state index in [9.17, 15) is 4.79 Å². The Morgan fingerprint density at radius 1 is 1.10 bits per heavy atom. The molecule has 0 aromatic rings. The summed E-state index contributed by atoms with van der Waals surface area (Å²) in [4.78, 5) is 11.8. The summed E-state index contributed by atoms with van der Waals surface area (Å²) < 4.78 is 10.7. The van der Waals surface area contributed by atoms with Crippen molar-refractivity contribution in [2.45, 2.75) is 65.3 Å². The molecule has 0 bridgehead atoms. The molecule has 1 amide bonds. The molecule has 4 heteroatoms. The van der Waals surface area contributed by atoms with Crippen LogP contribution in [-0.4, -0.2) is 38.4 Å². The van der Waals surface area contributed by atoms with E-state index in [4.69, 9.17) is 9.47 Å². The number of hydrogen-bond acceptors (Lipinski definition) is 3. The molecule has 124 valence electrons. The van der Waals surface area contributed by atoms with Crippen LogP contribution in [0, 0.1) is 11.8 Å². The van der Waals surface area contributed by atoms with Gasteiger partial charge in [0.05, 0.1) is 13.2 Å². The van der Waals surface area contributed by atoms with Gasteiger partial charge < -0.3 is 14.8 Å². The minimum Gasteiger partial charge on any atom is -0.379 e. The molecule has 1 saturated carbocycles. The fourth-order valence-electron chi connectivity index (χ4n) is 2.83. The third-order valence-electron chi connectivity index (χ3n) is 4.33. The Hall–Kier alpha value is -0.610. The molecule has 1 rings (SSSR count). The van der Waals surface area contributed by atoms with E-state index in [0.717, 1.165) is 44.1 Å². The first-order chi connectivity index (χ1) is 10.1. The van der Waals surface area contributed by atoms with Crippen molar-refractivity contribution >= 4 is 5.91 Å². The second-order valence-corrected chi connectivity index (χ2v) is 6.44. The lowest BCUT2D eigenvalue weighted by Gasteiger charge is -2.31. The zero-order valence-electron chi connectivity index (χ0n) is 14.0. The van der Waals surface area contributed by atoms with Gasteiger partial charge in [-0.1, -0.05) is 27.2 Å². The first-order valence-corrected chi connectivity index (χ1v) is 8.58. The van der Waals surface area contributed by atoms with Gasteiger partial charge in [-0.2, -0.15) is 0 Å². The predicted molar refractivity (Wildman–Crippen MR) is 85.3 cm³/mol. The van der Waals surface area contributed by atoms with Gasteiger partial charge in [0.25, 0.3) is 0 Å². The lowest BCUT2D eigenvalue weighted by Crippen LogP contribution is -2.40. The summed E-state index contributed by atoms with van der Waals surface area (Å²) in [5.41, 5.74) is 0. The quantitative estimate of drug-likeness (QED) is 0.630. The van der Waals surface area contributed by atoms with E-state index in [1.54, 1.807) is 0 Å². The SMILES string of the molecule is CCCCOCCOCC(=O)NC1CCC(C(C)C)CC1. The van der Waals surface area contributed by atoms with Gasteiger partial charge in [-0.15, -0.1) is 0 Å². The van der Waals surface area contributed by atoms with Crippen LogP contribution in [0.15, 0.2) is 0 Å². The van der Waals surface area contributed by atoms with Crippen molar-refractivity contribution in [3.05, 3.63) is 0 Å². The number of carbonyl (C=O) groups excluding carboxylic acids is 1. The summed E-state index contributed by atoms with van der Waals surface area (Å²) in [5.74, 6) is 1.60. The van der Waals surface area contributed by atoms with Gasteiger partial charge in [0.2, 0.25) is 5.91 Å². The number of rotatable bonds is 10. The normalized spacial score (nSPS) is 22.5. The molecule has 1 fully saturated rings. The monoisotopic (exact) mass is 299 g/mol. The van der Waals surface area contributed by atoms with E-state index in [1.165, 1.54) is 12.8 Å². The Bertz CT molecular complexity index is 273. The van der Waals surface area contributed by atoms with Crippen molar-refractivity contribution in [2.75, 3.05) is 26.4 Å². The zero-order valence-corrected chi connectivity index (χ0v) is 14.0. The van der Waals surface area contributed by atoms with Gasteiger partial charge in [-0.25, -0.2) is 0 Å². The van der Waals surface area contributed by atoms with Crippen molar-refractivity contribution in [2.24, 2.45) is 11.8 Å². The largest absolute Gasteiger partial charge is 0.379 e. The first kappa shape index (κ1) is 18.4. The fraction of sp³-hybridized carbons (Fsp3) is 0.941. The molecule has 1 N–H and O–H groups in total. The van der Waals surface area contributed by atoms with Gasteiger partial charge >= 0.3 is 0 Å². The number of amides is 1. The summed E-state index contributed by atoms with van der Waals surface area (Å²) in [7, 11) is 0. The van der Waals surface area contributed by atoms with E-state index in [1.807, 2.05) is 0 Å². The van der Waals surface area contributed by atoms with Crippen LogP contribution in [0.5, 0.6) is 0 Å². The van der Waals surface area contributed by atoms with Crippen molar-refractivity contribution in [1.82, 2.24) is 5.32 Å². The Morgan fingerprint density at radius 2 is 1.76 bits per heavy atom. The van der Waals surface area contributed by atoms with Crippen molar-refractivity contribution in [3.63, 3.8) is 0 Å². The van der Waals surface area contributed by atoms with Crippen molar-refractivity contribution in [1.29, 1.82) is 0 Å². The number of carbonyl (C=O) groups is 1. The van der Waals surface area contributed by atoms with Crippen molar-refractivity contribution in [3.8, 4) is 0 Å². The molecule has 0 radical (unpaired) electrons. The molecular formula is C17H33NO3. The van der Waals surface area contributed by atoms with E-state index in [2.05, 4.69) is 26.1 Å². The van der Waals surface area contributed by atoms with Gasteiger partial charge in [0, 0.05) is 12.6 Å². The van der Waals surface area contributed by atoms with Crippen LogP contribution in [-0.2, 0) is 14.3 Å². The lowest BCUT2D eigenvalue weighted by atomic mass is 9.80. The summed E-state index contributed by atoms with van der Waals surface area (Å²) in [6, 6.07) is 0.344. The number of ether oxygens (including phenoxy) is 2. The van der Waals surface area contributed by atoms with Gasteiger partial charge in [0.15, 0.2) is 0 Å². The van der Waals surface area contributed by atoms with E-state index in [-0.39, 0.29) is 12.5 Å². The highest BCUT2D eigenvalue weighted by molar-refractivity contribution is 5.77. The van der Waals surface area contributed by atoms with Gasteiger partial charge in [-0.3, -0.25) is 4.79 Å². The Morgan fingerprint density at radius 3 is 2.38 bits per heavy atom. The van der Waals surface area contributed by atoms with E-state index < -0.39 is 0 Å². The van der Waals surface area contributed by atoms with Crippen LogP contribution in [0.25, 0.3) is 0 Å². The highest BCUT2D eigenvalue weighted by Crippen LogP contribution is 2.29. The number of unbranched alkanes of at least 4 members (excludes halogenated alkanes) is 1. The molecule has 0 aromatic carbocycles. The molecule has 1 aliphatic rings. The predicted octanol–water partition coefficient (Wildman–Crippen LogP) is 3.15. The molecule has 0 heterocycles. The molecule has 0 aliphatic heterocycles. The third kappa shape index (κ3) is 8.42. The molecule has 4 nitrogen and oxygen atoms in total. The summed E-state index contributed by atoms with van der Waals surface area (Å²) in [6.07, 6.45) is 6.90. The average Bonchev–Trinajstić information content (AvgIpc) is 2.47. The summed E-state index contributed by atoms with van der Waals surface area (Å²) in [5, 5.41) is 3.08. The average molecular weight is 299 g/mol. The highest BCUT2D eigenvalue weighted by Gasteiger charge is 2.23. The van der Waals surface area contributed by atoms with Gasteiger partial charge in [-0.05, 0) is 43.9 Å². The summed E-state index contributed by atoms with van der Waals surface area (Å²) >= 11 is 0. The number of nitrogens with one attached hydrogen (secondary N) is 1. The minimum atomic E-state index is 0.0107. The maximum Gasteiger partial charge on any atom is 0.246 e. The second-order valence-electron chi connectivity index (χ2n) is 6.44. The number of hydrogen-bond donors (Lipinski definition) is 1. The topological polar surface area (TPSA) is 47.6 Å². The minimum absolute atomic E-state index is 0.0107. The van der Waals surface area contributed by atoms with Crippen molar-refractivity contribution < 1.29 is 14.3 Å². The maximum atomic E-state index is 11.8. The Kier molecular flexibility index (Phi) is 9.68. The highest BCUT2D eigenvalue weighted by atomic mass is 16.5. The zero-order chi connectivity index (χ0) is 15.5. The third-order valence-corrected chi connectivity index (χ3v) is 4.33. The van der Waals surface area contributed by atoms with Crippen LogP contribution < -0.4 is 5.32 Å². The molecule has 21 heavy (non-hydrogen) atoms. The first-order valence-electron chi connectivity index (χ1n) is 8.58. The fourth-order valence-corrected chi connectivity index (χ4v) is 2.83. The Labute approximate surface area is 130 Å². The maximum absolute atomic E-state index is 11.8. The molecule has 0 aromatic heterocycles. The smallest absolute Gasteiger partial charge is 0.246 e. The lowest BCUT2D eigenvalue weighted by molar-refractivity contribution is -0.127. The Balaban J connectivity index is 1.99. The van der Waals surface area contributed by atoms with Crippen LogP contribution in [0.4, 0.5) is 0 Å². The van der Waals surface area contributed by atoms with Gasteiger partial charge in [0.1, 0.15) is 6.61 Å². The second kappa shape index (κ2) is 11.0. The van der Waals surface area contributed by atoms with E-state index in [0.29, 0.717) is 19.3 Å². The molecule has 0 atom stereocenters. The molecule has 0 saturated heterocycles.